The summed E-state index contributed by atoms with van der Waals surface area (Å²) in [4.78, 5) is 38.2. The molecule has 0 saturated carbocycles. The van der Waals surface area contributed by atoms with E-state index in [0.717, 1.165) is 109 Å². The summed E-state index contributed by atoms with van der Waals surface area (Å²) < 4.78 is 34.4. The summed E-state index contributed by atoms with van der Waals surface area (Å²) in [6, 6.07) is 0. The highest BCUT2D eigenvalue weighted by atomic mass is 31.2. The van der Waals surface area contributed by atoms with Gasteiger partial charge in [-0.05, 0) is 116 Å². The van der Waals surface area contributed by atoms with Gasteiger partial charge in [0.1, 0.15) is 19.8 Å². The van der Waals surface area contributed by atoms with Crippen LogP contribution in [0.3, 0.4) is 0 Å². The number of hydrogen-bond donors (Lipinski definition) is 0. The van der Waals surface area contributed by atoms with Crippen LogP contribution >= 0.6 is 7.82 Å². The van der Waals surface area contributed by atoms with Gasteiger partial charge in [0.2, 0.25) is 0 Å². The Balaban J connectivity index is 3.97. The first-order chi connectivity index (χ1) is 49.0. The van der Waals surface area contributed by atoms with Crippen molar-refractivity contribution in [1.82, 2.24) is 0 Å². The highest BCUT2D eigenvalue weighted by Crippen LogP contribution is 2.38. The van der Waals surface area contributed by atoms with Gasteiger partial charge in [-0.2, -0.15) is 0 Å². The van der Waals surface area contributed by atoms with Crippen molar-refractivity contribution in [3.8, 4) is 0 Å². The minimum atomic E-state index is -4.66. The number of rotatable bonds is 77. The van der Waals surface area contributed by atoms with E-state index in [4.69, 9.17) is 18.5 Å². The average molecular weight is 1410 g/mol. The lowest BCUT2D eigenvalue weighted by atomic mass is 10.0. The van der Waals surface area contributed by atoms with Crippen LogP contribution in [0.1, 0.15) is 373 Å². The summed E-state index contributed by atoms with van der Waals surface area (Å²) in [7, 11) is 1.16. The molecular weight excluding hydrogens is 1250 g/mol. The van der Waals surface area contributed by atoms with Crippen LogP contribution < -0.4 is 4.89 Å². The van der Waals surface area contributed by atoms with Gasteiger partial charge in [0.25, 0.3) is 7.82 Å². The summed E-state index contributed by atoms with van der Waals surface area (Å²) in [5.41, 5.74) is 0. The molecule has 0 aliphatic heterocycles. The number of esters is 2. The molecule has 100 heavy (non-hydrogen) atoms. The summed E-state index contributed by atoms with van der Waals surface area (Å²) in [6.07, 6.45) is 116. The zero-order chi connectivity index (χ0) is 72.5. The quantitative estimate of drug-likeness (QED) is 0.0195. The first-order valence-electron chi connectivity index (χ1n) is 41.9. The number of allylic oxidation sites excluding steroid dienone is 22. The van der Waals surface area contributed by atoms with Crippen LogP contribution in [0.4, 0.5) is 0 Å². The van der Waals surface area contributed by atoms with E-state index in [2.05, 4.69) is 148 Å². The van der Waals surface area contributed by atoms with E-state index in [1.807, 2.05) is 21.1 Å². The number of ether oxygens (including phenoxy) is 2. The highest BCUT2D eigenvalue weighted by molar-refractivity contribution is 7.45. The van der Waals surface area contributed by atoms with Gasteiger partial charge in [-0.1, -0.05) is 379 Å². The predicted octanol–water partition coefficient (Wildman–Crippen LogP) is 27.7. The van der Waals surface area contributed by atoms with Crippen LogP contribution in [-0.2, 0) is 32.7 Å². The van der Waals surface area contributed by atoms with E-state index in [9.17, 15) is 19.0 Å². The molecule has 0 rings (SSSR count). The van der Waals surface area contributed by atoms with Gasteiger partial charge >= 0.3 is 11.9 Å². The normalized spacial score (nSPS) is 13.7. The lowest BCUT2D eigenvalue weighted by Crippen LogP contribution is -2.37. The molecule has 0 radical (unpaired) electrons. The maximum Gasteiger partial charge on any atom is 0.306 e. The van der Waals surface area contributed by atoms with Crippen LogP contribution in [0.2, 0.25) is 0 Å². The van der Waals surface area contributed by atoms with Gasteiger partial charge in [-0.3, -0.25) is 14.2 Å². The second-order valence-electron chi connectivity index (χ2n) is 29.1. The molecule has 2 unspecified atom stereocenters. The topological polar surface area (TPSA) is 111 Å². The van der Waals surface area contributed by atoms with Crippen LogP contribution in [-0.4, -0.2) is 70.0 Å². The largest absolute Gasteiger partial charge is 0.756 e. The minimum Gasteiger partial charge on any atom is -0.756 e. The number of carbonyl (C=O) groups is 2. The molecule has 0 heterocycles. The number of hydrogen-bond acceptors (Lipinski definition) is 8. The zero-order valence-corrected chi connectivity index (χ0v) is 66.8. The number of quaternary nitrogens is 1. The number of phosphoric acid groups is 1. The summed E-state index contributed by atoms with van der Waals surface area (Å²) in [6.45, 7) is 4.14. The summed E-state index contributed by atoms with van der Waals surface area (Å²) in [5, 5.41) is 0. The molecule has 0 fully saturated rings. The fourth-order valence-electron chi connectivity index (χ4n) is 11.8. The molecule has 0 aliphatic rings. The van der Waals surface area contributed by atoms with E-state index in [-0.39, 0.29) is 32.0 Å². The van der Waals surface area contributed by atoms with E-state index in [1.54, 1.807) is 0 Å². The van der Waals surface area contributed by atoms with Gasteiger partial charge in [0.05, 0.1) is 27.7 Å². The van der Waals surface area contributed by atoms with Crippen LogP contribution in [0.15, 0.2) is 134 Å². The molecule has 0 aromatic heterocycles. The number of phosphoric ester groups is 1. The molecule has 9 nitrogen and oxygen atoms in total. The molecule has 0 N–H and O–H groups in total. The maximum atomic E-state index is 12.9. The first-order valence-corrected chi connectivity index (χ1v) is 43.4. The van der Waals surface area contributed by atoms with Gasteiger partial charge < -0.3 is 27.9 Å². The molecule has 0 aromatic rings. The molecule has 0 spiro atoms. The molecule has 0 aromatic carbocycles. The highest BCUT2D eigenvalue weighted by Gasteiger charge is 2.22. The fraction of sp³-hybridized carbons (Fsp3) is 0.733. The third-order valence-electron chi connectivity index (χ3n) is 18.2. The van der Waals surface area contributed by atoms with Crippen LogP contribution in [0.5, 0.6) is 0 Å². The average Bonchev–Trinajstić information content (AvgIpc) is 1.02. The molecule has 576 valence electrons. The number of unbranched alkanes of at least 4 members (excludes halogenated alkanes) is 41. The Morgan fingerprint density at radius 2 is 0.570 bits per heavy atom. The van der Waals surface area contributed by atoms with Gasteiger partial charge in [-0.25, -0.2) is 0 Å². The standard InChI is InChI=1S/C90H158NO8P/c1-6-8-10-12-14-16-18-20-22-24-26-28-30-32-34-36-38-40-42-44-45-47-48-50-52-54-56-58-60-62-64-66-68-70-72-74-76-78-80-82-89(92)96-86-88(87-98-100(94,95)97-85-84-91(3,4)5)99-90(93)83-81-79-77-75-73-71-69-67-65-63-61-59-57-55-53-51-49-46-43-41-39-37-35-33-31-29-27-25-23-21-19-17-15-13-11-9-7-2/h9,11,15,17-18,20-21,23-24,26-27,29,33,35,39,41,46,49,53,55,59,61,88H,6-8,10,12-14,16,19,22,25,28,30-32,34,36-38,40,42-45,47-48,50-52,54,56-58,60,62-87H2,1-5H3/b11-9-,17-15-,20-18-,23-21-,26-24-,29-27-,35-33-,41-39-,49-46-,55-53-,61-59-. The summed E-state index contributed by atoms with van der Waals surface area (Å²) >= 11 is 0. The number of nitrogens with zero attached hydrogens (tertiary/aromatic N) is 1. The van der Waals surface area contributed by atoms with Crippen molar-refractivity contribution < 1.29 is 42.1 Å². The van der Waals surface area contributed by atoms with E-state index >= 15 is 0 Å². The van der Waals surface area contributed by atoms with Crippen LogP contribution in [0, 0.1) is 0 Å². The van der Waals surface area contributed by atoms with Crippen molar-refractivity contribution in [2.45, 2.75) is 380 Å². The Labute approximate surface area is 619 Å². The Bertz CT molecular complexity index is 2160. The fourth-order valence-corrected chi connectivity index (χ4v) is 12.5. The third kappa shape index (κ3) is 83.1. The van der Waals surface area contributed by atoms with Crippen molar-refractivity contribution in [2.75, 3.05) is 47.5 Å². The van der Waals surface area contributed by atoms with Crippen molar-refractivity contribution in [3.63, 3.8) is 0 Å². The molecule has 10 heteroatoms. The monoisotopic (exact) mass is 1410 g/mol. The van der Waals surface area contributed by atoms with Crippen molar-refractivity contribution in [2.24, 2.45) is 0 Å². The van der Waals surface area contributed by atoms with Gasteiger partial charge in [0.15, 0.2) is 6.10 Å². The second kappa shape index (κ2) is 79.3. The van der Waals surface area contributed by atoms with Crippen molar-refractivity contribution >= 4 is 19.8 Å². The van der Waals surface area contributed by atoms with E-state index < -0.39 is 26.5 Å². The summed E-state index contributed by atoms with van der Waals surface area (Å²) in [5.74, 6) is -0.832. The van der Waals surface area contributed by atoms with Crippen LogP contribution in [0.25, 0.3) is 0 Å². The van der Waals surface area contributed by atoms with Gasteiger partial charge in [0, 0.05) is 12.8 Å². The minimum absolute atomic E-state index is 0.0360. The molecular formula is C90H158NO8P. The predicted molar refractivity (Wildman–Crippen MR) is 434 cm³/mol. The number of carbonyl (C=O) groups excluding carboxylic acids is 2. The molecule has 0 saturated heterocycles. The van der Waals surface area contributed by atoms with E-state index in [0.29, 0.717) is 17.4 Å². The van der Waals surface area contributed by atoms with E-state index in [1.165, 1.54) is 231 Å². The van der Waals surface area contributed by atoms with Gasteiger partial charge in [-0.15, -0.1) is 0 Å². The molecule has 0 bridgehead atoms. The molecule has 2 atom stereocenters. The molecule has 0 amide bonds. The third-order valence-corrected chi connectivity index (χ3v) is 19.1. The Hall–Kier alpha value is -3.85. The Kier molecular flexibility index (Phi) is 76.2. The Morgan fingerprint density at radius 3 is 0.850 bits per heavy atom. The molecule has 0 aliphatic carbocycles. The van der Waals surface area contributed by atoms with Crippen molar-refractivity contribution in [3.05, 3.63) is 134 Å². The lowest BCUT2D eigenvalue weighted by molar-refractivity contribution is -0.870. The smallest absolute Gasteiger partial charge is 0.306 e. The maximum absolute atomic E-state index is 12.9. The SMILES string of the molecule is CC/C=C\C/C=C\C/C=C\C/C=C\C/C=C\C/C=C\C/C=C\C/C=C\C/C=C\CCCCCCCCCCCC(=O)OC(COC(=O)CCCCCCCCCCCCCCCCCCCCCCCCCCCCC/C=C\C/C=C\CCCCCCC)COP(=O)([O-])OCC[N+](C)(C)C. The lowest BCUT2D eigenvalue weighted by Gasteiger charge is -2.28. The van der Waals surface area contributed by atoms with Crippen molar-refractivity contribution in [1.29, 1.82) is 0 Å². The Morgan fingerprint density at radius 1 is 0.320 bits per heavy atom. The second-order valence-corrected chi connectivity index (χ2v) is 30.5. The number of likely N-dealkylation sites (N-methyl/N-ethyl adjacent to an activating group) is 1. The first kappa shape index (κ1) is 96.2. The zero-order valence-electron chi connectivity index (χ0n) is 65.9.